The number of hydrogen-bond donors (Lipinski definition) is 0. The second kappa shape index (κ2) is 13.9. The number of carbonyl (C=O) groups is 1. The lowest BCUT2D eigenvalue weighted by atomic mass is 9.99. The predicted molar refractivity (Wildman–Crippen MR) is 160 cm³/mol. The minimum Gasteiger partial charge on any atom is -0.455 e. The second-order valence-corrected chi connectivity index (χ2v) is 11.4. The summed E-state index contributed by atoms with van der Waals surface area (Å²) in [7, 11) is 0. The van der Waals surface area contributed by atoms with Crippen LogP contribution in [0.5, 0.6) is 0 Å². The van der Waals surface area contributed by atoms with Gasteiger partial charge in [0.15, 0.2) is 0 Å². The van der Waals surface area contributed by atoms with E-state index >= 15 is 0 Å². The zero-order chi connectivity index (χ0) is 31.1. The first kappa shape index (κ1) is 31.8. The Morgan fingerprint density at radius 2 is 1.53 bits per heavy atom. The fourth-order valence-corrected chi connectivity index (χ4v) is 5.84. The standard InChI is InChI=1S/C32H30F3N3O4S/c1-20-12-21(2)28(22(3)13-20)18-38(17-27-10-11-30(42-27)32(33,34)35)16-23-4-6-24(7-5-23)25-8-9-26(15-36-40)29(14-25)43-19-31(39)37-41/h4-14H,15-19H2,1-3H3. The first-order valence-electron chi connectivity index (χ1n) is 13.4. The molecule has 0 aliphatic rings. The molecule has 4 rings (SSSR count). The van der Waals surface area contributed by atoms with Crippen molar-refractivity contribution >= 4 is 17.7 Å². The molecule has 0 N–H and O–H groups in total. The number of hydrogen-bond acceptors (Lipinski definition) is 7. The molecule has 1 heterocycles. The molecule has 0 fully saturated rings. The molecule has 0 spiro atoms. The fraction of sp³-hybridized carbons (Fsp3) is 0.281. The number of thioether (sulfide) groups is 1. The molecule has 4 aromatic rings. The van der Waals surface area contributed by atoms with Crippen LogP contribution < -0.4 is 0 Å². The van der Waals surface area contributed by atoms with Gasteiger partial charge in [0.1, 0.15) is 12.3 Å². The van der Waals surface area contributed by atoms with E-state index in [1.807, 2.05) is 62.1 Å². The van der Waals surface area contributed by atoms with Crippen molar-refractivity contribution in [2.45, 2.75) is 58.0 Å². The van der Waals surface area contributed by atoms with E-state index in [9.17, 15) is 27.8 Å². The number of nitroso groups, excluding NO2 is 2. The molecule has 0 saturated carbocycles. The molecular weight excluding hydrogens is 579 g/mol. The number of amides is 1. The van der Waals surface area contributed by atoms with Gasteiger partial charge in [0.05, 0.1) is 12.3 Å². The summed E-state index contributed by atoms with van der Waals surface area (Å²) in [5, 5.41) is 5.36. The summed E-state index contributed by atoms with van der Waals surface area (Å²) in [5.41, 5.74) is 7.80. The summed E-state index contributed by atoms with van der Waals surface area (Å²) < 4.78 is 44.7. The van der Waals surface area contributed by atoms with E-state index < -0.39 is 17.8 Å². The van der Waals surface area contributed by atoms with Crippen molar-refractivity contribution in [1.82, 2.24) is 4.90 Å². The van der Waals surface area contributed by atoms with Crippen LogP contribution in [0.4, 0.5) is 13.2 Å². The first-order valence-corrected chi connectivity index (χ1v) is 14.4. The number of aryl methyl sites for hydroxylation is 3. The minimum absolute atomic E-state index is 0.0693. The van der Waals surface area contributed by atoms with Crippen LogP contribution in [0, 0.1) is 30.6 Å². The second-order valence-electron chi connectivity index (χ2n) is 10.4. The third kappa shape index (κ3) is 8.48. The Morgan fingerprint density at radius 1 is 0.860 bits per heavy atom. The molecule has 3 aromatic carbocycles. The minimum atomic E-state index is -4.55. The van der Waals surface area contributed by atoms with Crippen molar-refractivity contribution in [3.8, 4) is 11.1 Å². The molecule has 224 valence electrons. The summed E-state index contributed by atoms with van der Waals surface area (Å²) in [4.78, 5) is 35.5. The lowest BCUT2D eigenvalue weighted by Gasteiger charge is -2.24. The SMILES string of the molecule is Cc1cc(C)c(CN(Cc2ccc(-c3ccc(CN=O)c(SCC(=O)N=O)c3)cc2)Cc2ccc(C(F)(F)F)o2)c(C)c1. The van der Waals surface area contributed by atoms with Crippen molar-refractivity contribution in [3.05, 3.63) is 121 Å². The monoisotopic (exact) mass is 609 g/mol. The van der Waals surface area contributed by atoms with Gasteiger partial charge in [-0.3, -0.25) is 9.69 Å². The number of halogens is 3. The topological polar surface area (TPSA) is 92.3 Å². The van der Waals surface area contributed by atoms with Gasteiger partial charge in [0.25, 0.3) is 5.91 Å². The van der Waals surface area contributed by atoms with Crippen molar-refractivity contribution in [1.29, 1.82) is 0 Å². The van der Waals surface area contributed by atoms with Crippen LogP contribution >= 0.6 is 11.8 Å². The van der Waals surface area contributed by atoms with Crippen LogP contribution in [0.3, 0.4) is 0 Å². The van der Waals surface area contributed by atoms with Crippen LogP contribution in [0.2, 0.25) is 0 Å². The predicted octanol–water partition coefficient (Wildman–Crippen LogP) is 8.74. The summed E-state index contributed by atoms with van der Waals surface area (Å²) in [6.45, 7) is 7.19. The summed E-state index contributed by atoms with van der Waals surface area (Å²) in [6.07, 6.45) is -4.55. The third-order valence-corrected chi connectivity index (χ3v) is 8.07. The number of rotatable bonds is 12. The molecule has 0 aliphatic carbocycles. The van der Waals surface area contributed by atoms with E-state index in [-0.39, 0.29) is 24.6 Å². The Bertz CT molecular complexity index is 1590. The molecule has 0 aliphatic heterocycles. The molecule has 0 unspecified atom stereocenters. The van der Waals surface area contributed by atoms with Crippen molar-refractivity contribution in [2.24, 2.45) is 10.4 Å². The Morgan fingerprint density at radius 3 is 2.14 bits per heavy atom. The van der Waals surface area contributed by atoms with Crippen LogP contribution in [0.15, 0.2) is 86.4 Å². The van der Waals surface area contributed by atoms with Gasteiger partial charge >= 0.3 is 6.18 Å². The van der Waals surface area contributed by atoms with Crippen molar-refractivity contribution < 1.29 is 22.4 Å². The van der Waals surface area contributed by atoms with E-state index in [0.29, 0.717) is 23.5 Å². The van der Waals surface area contributed by atoms with Crippen LogP contribution in [-0.2, 0) is 37.1 Å². The molecule has 11 heteroatoms. The largest absolute Gasteiger partial charge is 0.455 e. The molecule has 1 amide bonds. The van der Waals surface area contributed by atoms with Gasteiger partial charge in [-0.2, -0.15) is 18.1 Å². The Balaban J connectivity index is 1.58. The van der Waals surface area contributed by atoms with Gasteiger partial charge in [-0.05, 0) is 77.9 Å². The maximum Gasteiger partial charge on any atom is 0.449 e. The van der Waals surface area contributed by atoms with Crippen LogP contribution in [0.25, 0.3) is 11.1 Å². The molecule has 0 bridgehead atoms. The van der Waals surface area contributed by atoms with E-state index in [2.05, 4.69) is 22.5 Å². The molecule has 0 atom stereocenters. The molecule has 1 aromatic heterocycles. The van der Waals surface area contributed by atoms with E-state index in [0.717, 1.165) is 56.8 Å². The highest BCUT2D eigenvalue weighted by Crippen LogP contribution is 2.32. The molecule has 43 heavy (non-hydrogen) atoms. The van der Waals surface area contributed by atoms with Gasteiger partial charge in [-0.1, -0.05) is 59.3 Å². The third-order valence-electron chi connectivity index (χ3n) is 6.99. The Kier molecular flexibility index (Phi) is 10.3. The van der Waals surface area contributed by atoms with Gasteiger partial charge < -0.3 is 4.42 Å². The first-order chi connectivity index (χ1) is 20.5. The molecule has 0 saturated heterocycles. The normalized spacial score (nSPS) is 11.6. The summed E-state index contributed by atoms with van der Waals surface area (Å²) in [6, 6.07) is 19.7. The maximum absolute atomic E-state index is 13.2. The molecule has 0 radical (unpaired) electrons. The van der Waals surface area contributed by atoms with Gasteiger partial charge in [0, 0.05) is 23.2 Å². The highest BCUT2D eigenvalue weighted by molar-refractivity contribution is 8.00. The highest BCUT2D eigenvalue weighted by Gasteiger charge is 2.34. The molecule has 7 nitrogen and oxygen atoms in total. The van der Waals surface area contributed by atoms with Gasteiger partial charge in [-0.25, -0.2) is 0 Å². The summed E-state index contributed by atoms with van der Waals surface area (Å²) in [5.74, 6) is -1.74. The Hall–Kier alpha value is -4.09. The summed E-state index contributed by atoms with van der Waals surface area (Å²) >= 11 is 1.12. The number of benzene rings is 3. The van der Waals surface area contributed by atoms with Crippen LogP contribution in [-0.4, -0.2) is 16.6 Å². The zero-order valence-corrected chi connectivity index (χ0v) is 24.7. The maximum atomic E-state index is 13.2. The molecular formula is C32H30F3N3O4S. The quantitative estimate of drug-likeness (QED) is 0.118. The number of carbonyl (C=O) groups excluding carboxylic acids is 1. The van der Waals surface area contributed by atoms with E-state index in [1.165, 1.54) is 6.07 Å². The number of alkyl halides is 3. The van der Waals surface area contributed by atoms with Gasteiger partial charge in [0.2, 0.25) is 5.76 Å². The highest BCUT2D eigenvalue weighted by atomic mass is 32.2. The van der Waals surface area contributed by atoms with Gasteiger partial charge in [-0.15, -0.1) is 16.7 Å². The lowest BCUT2D eigenvalue weighted by Crippen LogP contribution is -2.23. The Labute approximate surface area is 251 Å². The lowest BCUT2D eigenvalue weighted by molar-refractivity contribution is -0.153. The fourth-order valence-electron chi connectivity index (χ4n) is 4.98. The van der Waals surface area contributed by atoms with E-state index in [4.69, 9.17) is 4.42 Å². The average Bonchev–Trinajstić information content (AvgIpc) is 3.44. The van der Waals surface area contributed by atoms with Crippen LogP contribution in [0.1, 0.15) is 44.9 Å². The van der Waals surface area contributed by atoms with Crippen molar-refractivity contribution in [2.75, 3.05) is 5.75 Å². The average molecular weight is 610 g/mol. The van der Waals surface area contributed by atoms with Crippen molar-refractivity contribution in [3.63, 3.8) is 0 Å². The number of furan rings is 1. The smallest absolute Gasteiger partial charge is 0.449 e. The zero-order valence-electron chi connectivity index (χ0n) is 23.9. The van der Waals surface area contributed by atoms with E-state index in [1.54, 1.807) is 6.07 Å². The number of nitrogens with zero attached hydrogens (tertiary/aromatic N) is 3.